The molecule has 2 aliphatic rings. The van der Waals surface area contributed by atoms with E-state index in [-0.39, 0.29) is 24.3 Å². The van der Waals surface area contributed by atoms with Crippen LogP contribution in [0.15, 0.2) is 6.07 Å². The van der Waals surface area contributed by atoms with Crippen molar-refractivity contribution in [1.82, 2.24) is 14.4 Å². The SMILES string of the molecule is CCCn1c(C)cc(C(=O)CN2C(=O)N(C)C3(CCCCC3)C2=O)c1C. The first-order valence-corrected chi connectivity index (χ1v) is 9.63. The average Bonchev–Trinajstić information content (AvgIpc) is 3.00. The summed E-state index contributed by atoms with van der Waals surface area (Å²) in [5.41, 5.74) is 1.83. The smallest absolute Gasteiger partial charge is 0.327 e. The molecule has 2 fully saturated rings. The first-order chi connectivity index (χ1) is 12.3. The predicted octanol–water partition coefficient (Wildman–Crippen LogP) is 3.29. The number of aromatic nitrogens is 1. The molecule has 0 unspecified atom stereocenters. The summed E-state index contributed by atoms with van der Waals surface area (Å²) in [5, 5.41) is 0. The highest BCUT2D eigenvalue weighted by atomic mass is 16.2. The Hall–Kier alpha value is -2.11. The Morgan fingerprint density at radius 3 is 2.42 bits per heavy atom. The van der Waals surface area contributed by atoms with Crippen molar-refractivity contribution in [3.05, 3.63) is 23.0 Å². The quantitative estimate of drug-likeness (QED) is 0.599. The number of likely N-dealkylation sites (N-methyl/N-ethyl adjacent to an activating group) is 1. The fourth-order valence-electron chi connectivity index (χ4n) is 4.55. The van der Waals surface area contributed by atoms with Crippen LogP contribution in [0.1, 0.15) is 67.2 Å². The highest BCUT2D eigenvalue weighted by molar-refractivity contribution is 6.11. The van der Waals surface area contributed by atoms with Crippen molar-refractivity contribution >= 4 is 17.7 Å². The zero-order valence-electron chi connectivity index (χ0n) is 16.3. The molecule has 1 saturated heterocycles. The van der Waals surface area contributed by atoms with E-state index in [1.807, 2.05) is 19.9 Å². The van der Waals surface area contributed by atoms with Crippen molar-refractivity contribution in [2.45, 2.75) is 71.4 Å². The Morgan fingerprint density at radius 1 is 1.15 bits per heavy atom. The minimum atomic E-state index is -0.727. The van der Waals surface area contributed by atoms with Crippen molar-refractivity contribution in [3.63, 3.8) is 0 Å². The molecule has 26 heavy (non-hydrogen) atoms. The molecule has 0 N–H and O–H groups in total. The van der Waals surface area contributed by atoms with Crippen LogP contribution in [-0.4, -0.2) is 51.2 Å². The Kier molecular flexibility index (Phi) is 4.95. The fourth-order valence-corrected chi connectivity index (χ4v) is 4.55. The summed E-state index contributed by atoms with van der Waals surface area (Å²) in [6, 6.07) is 1.53. The molecule has 1 aliphatic heterocycles. The predicted molar refractivity (Wildman–Crippen MR) is 99.2 cm³/mol. The number of carbonyl (C=O) groups excluding carboxylic acids is 3. The van der Waals surface area contributed by atoms with E-state index in [1.54, 1.807) is 11.9 Å². The third-order valence-corrected chi connectivity index (χ3v) is 6.11. The summed E-state index contributed by atoms with van der Waals surface area (Å²) >= 11 is 0. The summed E-state index contributed by atoms with van der Waals surface area (Å²) < 4.78 is 2.12. The van der Waals surface area contributed by atoms with E-state index >= 15 is 0 Å². The fraction of sp³-hybridized carbons (Fsp3) is 0.650. The van der Waals surface area contributed by atoms with Crippen LogP contribution in [0, 0.1) is 13.8 Å². The molecule has 2 heterocycles. The Bertz CT molecular complexity index is 744. The number of aryl methyl sites for hydroxylation is 1. The largest absolute Gasteiger partial charge is 0.348 e. The van der Waals surface area contributed by atoms with Gasteiger partial charge in [-0.05, 0) is 39.2 Å². The lowest BCUT2D eigenvalue weighted by atomic mass is 9.80. The maximum atomic E-state index is 13.0. The molecule has 0 bridgehead atoms. The Labute approximate surface area is 155 Å². The van der Waals surface area contributed by atoms with Crippen molar-refractivity contribution in [2.75, 3.05) is 13.6 Å². The second kappa shape index (κ2) is 6.89. The lowest BCUT2D eigenvalue weighted by Crippen LogP contribution is -2.49. The van der Waals surface area contributed by atoms with Gasteiger partial charge in [-0.15, -0.1) is 0 Å². The molecule has 3 amide bonds. The van der Waals surface area contributed by atoms with Crippen LogP contribution in [0.5, 0.6) is 0 Å². The molecular formula is C20H29N3O3. The first kappa shape index (κ1) is 18.7. The molecule has 1 aromatic rings. The molecule has 1 aliphatic carbocycles. The van der Waals surface area contributed by atoms with Gasteiger partial charge in [0.25, 0.3) is 5.91 Å². The lowest BCUT2D eigenvalue weighted by Gasteiger charge is -2.35. The van der Waals surface area contributed by atoms with E-state index in [2.05, 4.69) is 11.5 Å². The van der Waals surface area contributed by atoms with Crippen molar-refractivity contribution < 1.29 is 14.4 Å². The third kappa shape index (κ3) is 2.75. The number of carbonyl (C=O) groups is 3. The molecular weight excluding hydrogens is 330 g/mol. The average molecular weight is 359 g/mol. The minimum Gasteiger partial charge on any atom is -0.348 e. The normalized spacial score (nSPS) is 19.7. The number of amides is 3. The number of hydrogen-bond donors (Lipinski definition) is 0. The molecule has 1 saturated carbocycles. The van der Waals surface area contributed by atoms with Crippen LogP contribution in [0.4, 0.5) is 4.79 Å². The van der Waals surface area contributed by atoms with Gasteiger partial charge in [0.1, 0.15) is 5.54 Å². The van der Waals surface area contributed by atoms with Crippen molar-refractivity contribution in [2.24, 2.45) is 0 Å². The van der Waals surface area contributed by atoms with Gasteiger partial charge in [0.15, 0.2) is 5.78 Å². The van der Waals surface area contributed by atoms with Gasteiger partial charge >= 0.3 is 6.03 Å². The minimum absolute atomic E-state index is 0.164. The van der Waals surface area contributed by atoms with Crippen LogP contribution in [-0.2, 0) is 11.3 Å². The van der Waals surface area contributed by atoms with Crippen LogP contribution in [0.2, 0.25) is 0 Å². The maximum Gasteiger partial charge on any atom is 0.327 e. The molecule has 0 atom stereocenters. The van der Waals surface area contributed by atoms with E-state index in [4.69, 9.17) is 0 Å². The Balaban J connectivity index is 1.83. The molecule has 0 radical (unpaired) electrons. The molecule has 142 valence electrons. The summed E-state index contributed by atoms with van der Waals surface area (Å²) in [4.78, 5) is 41.3. The number of hydrogen-bond acceptors (Lipinski definition) is 3. The summed E-state index contributed by atoms with van der Waals surface area (Å²) in [7, 11) is 1.70. The number of Topliss-reactive ketones (excluding diaryl/α,β-unsaturated/α-hetero) is 1. The van der Waals surface area contributed by atoms with E-state index in [0.717, 1.165) is 43.6 Å². The lowest BCUT2D eigenvalue weighted by molar-refractivity contribution is -0.134. The number of urea groups is 1. The van der Waals surface area contributed by atoms with Gasteiger partial charge in [0, 0.05) is 30.5 Å². The van der Waals surface area contributed by atoms with E-state index in [0.29, 0.717) is 18.4 Å². The van der Waals surface area contributed by atoms with Crippen molar-refractivity contribution in [3.8, 4) is 0 Å². The summed E-state index contributed by atoms with van der Waals surface area (Å²) in [5.74, 6) is -0.358. The highest BCUT2D eigenvalue weighted by Gasteiger charge is 2.55. The molecule has 6 heteroatoms. The summed E-state index contributed by atoms with van der Waals surface area (Å²) in [6.45, 7) is 6.70. The molecule has 3 rings (SSSR count). The van der Waals surface area contributed by atoms with Gasteiger partial charge in [0.05, 0.1) is 6.54 Å². The Morgan fingerprint density at radius 2 is 1.81 bits per heavy atom. The van der Waals surface area contributed by atoms with Gasteiger partial charge in [0.2, 0.25) is 0 Å². The molecule has 1 aromatic heterocycles. The van der Waals surface area contributed by atoms with Gasteiger partial charge in [-0.2, -0.15) is 0 Å². The monoisotopic (exact) mass is 359 g/mol. The highest BCUT2D eigenvalue weighted by Crippen LogP contribution is 2.39. The van der Waals surface area contributed by atoms with E-state index in [1.165, 1.54) is 4.90 Å². The van der Waals surface area contributed by atoms with Crippen molar-refractivity contribution in [1.29, 1.82) is 0 Å². The molecule has 0 aromatic carbocycles. The molecule has 1 spiro atoms. The van der Waals surface area contributed by atoms with Gasteiger partial charge in [-0.25, -0.2) is 4.79 Å². The standard InChI is InChI=1S/C20H29N3O3/c1-5-11-22-14(2)12-16(15(22)3)17(24)13-23-18(25)20(21(4)19(23)26)9-7-6-8-10-20/h12H,5-11,13H2,1-4H3. The van der Waals surface area contributed by atoms with Crippen LogP contribution < -0.4 is 0 Å². The van der Waals surface area contributed by atoms with E-state index in [9.17, 15) is 14.4 Å². The first-order valence-electron chi connectivity index (χ1n) is 9.63. The number of imide groups is 1. The van der Waals surface area contributed by atoms with Gasteiger partial charge < -0.3 is 9.47 Å². The summed E-state index contributed by atoms with van der Waals surface area (Å²) in [6.07, 6.45) is 5.37. The van der Waals surface area contributed by atoms with Crippen LogP contribution in [0.25, 0.3) is 0 Å². The maximum absolute atomic E-state index is 13.0. The topological polar surface area (TPSA) is 62.6 Å². The zero-order valence-corrected chi connectivity index (χ0v) is 16.3. The van der Waals surface area contributed by atoms with Gasteiger partial charge in [-0.3, -0.25) is 14.5 Å². The van der Waals surface area contributed by atoms with Gasteiger partial charge in [-0.1, -0.05) is 26.2 Å². The second-order valence-electron chi connectivity index (χ2n) is 7.68. The molecule has 6 nitrogen and oxygen atoms in total. The number of rotatable bonds is 5. The second-order valence-corrected chi connectivity index (χ2v) is 7.68. The number of nitrogens with zero attached hydrogens (tertiary/aromatic N) is 3. The van der Waals surface area contributed by atoms with Crippen LogP contribution >= 0.6 is 0 Å². The van der Waals surface area contributed by atoms with E-state index < -0.39 is 5.54 Å². The van der Waals surface area contributed by atoms with Crippen LogP contribution in [0.3, 0.4) is 0 Å². The zero-order chi connectivity index (χ0) is 19.1. The number of ketones is 1. The third-order valence-electron chi connectivity index (χ3n) is 6.11.